The average molecular weight is 347 g/mol. The van der Waals surface area contributed by atoms with Gasteiger partial charge in [-0.1, -0.05) is 36.4 Å². The molecule has 0 radical (unpaired) electrons. The highest BCUT2D eigenvalue weighted by Crippen LogP contribution is 2.22. The molecule has 3 aromatic carbocycles. The smallest absolute Gasteiger partial charge is 0.255 e. The zero-order valence-electron chi connectivity index (χ0n) is 14.5. The second kappa shape index (κ2) is 8.04. The summed E-state index contributed by atoms with van der Waals surface area (Å²) in [5.74, 6) is 0.815. The molecule has 2 nitrogen and oxygen atoms in total. The molecule has 0 aliphatic carbocycles. The van der Waals surface area contributed by atoms with Crippen LogP contribution in [0.25, 0.3) is 0 Å². The summed E-state index contributed by atoms with van der Waals surface area (Å²) in [5.41, 5.74) is 5.00. The maximum atomic E-state index is 12.4. The van der Waals surface area contributed by atoms with Crippen molar-refractivity contribution in [3.8, 4) is 0 Å². The summed E-state index contributed by atoms with van der Waals surface area (Å²) in [4.78, 5) is 13.7. The Morgan fingerprint density at radius 3 is 2.16 bits per heavy atom. The fraction of sp³-hybridized carbons (Fsp3) is 0.136. The number of benzene rings is 3. The summed E-state index contributed by atoms with van der Waals surface area (Å²) in [6.45, 7) is 4.06. The summed E-state index contributed by atoms with van der Waals surface area (Å²) in [6, 6.07) is 24.2. The minimum atomic E-state index is -0.0766. The molecular formula is C22H21NOS. The van der Waals surface area contributed by atoms with E-state index in [-0.39, 0.29) is 5.91 Å². The van der Waals surface area contributed by atoms with Gasteiger partial charge in [-0.15, -0.1) is 11.8 Å². The zero-order valence-corrected chi connectivity index (χ0v) is 15.3. The van der Waals surface area contributed by atoms with Crippen LogP contribution in [0.2, 0.25) is 0 Å². The molecule has 25 heavy (non-hydrogen) atoms. The molecule has 3 rings (SSSR count). The van der Waals surface area contributed by atoms with Crippen molar-refractivity contribution in [2.45, 2.75) is 24.5 Å². The first-order valence-electron chi connectivity index (χ1n) is 8.26. The van der Waals surface area contributed by atoms with Gasteiger partial charge >= 0.3 is 0 Å². The lowest BCUT2D eigenvalue weighted by molar-refractivity contribution is 0.102. The fourth-order valence-corrected chi connectivity index (χ4v) is 3.56. The van der Waals surface area contributed by atoms with Crippen molar-refractivity contribution < 1.29 is 4.79 Å². The summed E-state index contributed by atoms with van der Waals surface area (Å²) in [5, 5.41) is 2.97. The van der Waals surface area contributed by atoms with Gasteiger partial charge in [-0.2, -0.15) is 0 Å². The molecule has 0 spiro atoms. The van der Waals surface area contributed by atoms with Crippen LogP contribution in [0.4, 0.5) is 5.69 Å². The van der Waals surface area contributed by atoms with E-state index in [1.165, 1.54) is 10.5 Å². The molecule has 0 saturated heterocycles. The molecule has 1 N–H and O–H groups in total. The molecule has 0 unspecified atom stereocenters. The summed E-state index contributed by atoms with van der Waals surface area (Å²) < 4.78 is 0. The van der Waals surface area contributed by atoms with Crippen LogP contribution >= 0.6 is 11.8 Å². The van der Waals surface area contributed by atoms with Crippen LogP contribution in [0, 0.1) is 13.8 Å². The van der Waals surface area contributed by atoms with E-state index < -0.39 is 0 Å². The highest BCUT2D eigenvalue weighted by atomic mass is 32.2. The standard InChI is InChI=1S/C22H21NOS/c1-16-12-17(2)14-20(13-16)23-22(24)19-10-8-18(9-11-19)15-25-21-6-4-3-5-7-21/h3-14H,15H2,1-2H3,(H,23,24). The van der Waals surface area contributed by atoms with E-state index in [4.69, 9.17) is 0 Å². The lowest BCUT2D eigenvalue weighted by Crippen LogP contribution is -2.12. The second-order valence-electron chi connectivity index (χ2n) is 6.13. The molecule has 0 saturated carbocycles. The van der Waals surface area contributed by atoms with Crippen LogP contribution < -0.4 is 5.32 Å². The van der Waals surface area contributed by atoms with Crippen LogP contribution in [0.15, 0.2) is 77.7 Å². The topological polar surface area (TPSA) is 29.1 Å². The fourth-order valence-electron chi connectivity index (χ4n) is 2.69. The van der Waals surface area contributed by atoms with Gasteiger partial charge < -0.3 is 5.32 Å². The molecule has 126 valence electrons. The highest BCUT2D eigenvalue weighted by molar-refractivity contribution is 7.98. The molecule has 0 bridgehead atoms. The van der Waals surface area contributed by atoms with Crippen molar-refractivity contribution in [1.82, 2.24) is 0 Å². The van der Waals surface area contributed by atoms with E-state index in [9.17, 15) is 4.79 Å². The SMILES string of the molecule is Cc1cc(C)cc(NC(=O)c2ccc(CSc3ccccc3)cc2)c1. The van der Waals surface area contributed by atoms with Gasteiger partial charge in [0, 0.05) is 21.9 Å². The van der Waals surface area contributed by atoms with Crippen LogP contribution in [0.5, 0.6) is 0 Å². The summed E-state index contributed by atoms with van der Waals surface area (Å²) in [7, 11) is 0. The van der Waals surface area contributed by atoms with Crippen LogP contribution in [0.1, 0.15) is 27.0 Å². The predicted molar refractivity (Wildman–Crippen MR) is 106 cm³/mol. The Hall–Kier alpha value is -2.52. The third-order valence-electron chi connectivity index (χ3n) is 3.84. The van der Waals surface area contributed by atoms with Gasteiger partial charge in [-0.3, -0.25) is 4.79 Å². The third kappa shape index (κ3) is 4.97. The largest absolute Gasteiger partial charge is 0.322 e. The van der Waals surface area contributed by atoms with Gasteiger partial charge in [0.15, 0.2) is 0 Å². The Balaban J connectivity index is 1.62. The molecule has 1 amide bonds. The highest BCUT2D eigenvalue weighted by Gasteiger charge is 2.07. The number of nitrogens with one attached hydrogen (secondary N) is 1. The van der Waals surface area contributed by atoms with Crippen molar-refractivity contribution in [3.05, 3.63) is 95.1 Å². The Kier molecular flexibility index (Phi) is 5.56. The molecule has 0 aliphatic rings. The second-order valence-corrected chi connectivity index (χ2v) is 7.18. The number of carbonyl (C=O) groups excluding carboxylic acids is 1. The number of carbonyl (C=O) groups is 1. The minimum absolute atomic E-state index is 0.0766. The lowest BCUT2D eigenvalue weighted by atomic mass is 10.1. The van der Waals surface area contributed by atoms with Gasteiger partial charge in [-0.05, 0) is 66.9 Å². The van der Waals surface area contributed by atoms with Gasteiger partial charge in [0.1, 0.15) is 0 Å². The first kappa shape index (κ1) is 17.3. The van der Waals surface area contributed by atoms with Gasteiger partial charge in [0.05, 0.1) is 0 Å². The third-order valence-corrected chi connectivity index (χ3v) is 4.93. The molecule has 0 aromatic heterocycles. The monoisotopic (exact) mass is 347 g/mol. The molecule has 0 atom stereocenters. The van der Waals surface area contributed by atoms with E-state index in [1.807, 2.05) is 68.4 Å². The Morgan fingerprint density at radius 2 is 1.52 bits per heavy atom. The van der Waals surface area contributed by atoms with Gasteiger partial charge in [0.2, 0.25) is 0 Å². The van der Waals surface area contributed by atoms with Crippen LogP contribution in [-0.2, 0) is 5.75 Å². The van der Waals surface area contributed by atoms with E-state index in [0.29, 0.717) is 5.56 Å². The van der Waals surface area contributed by atoms with Gasteiger partial charge in [0.25, 0.3) is 5.91 Å². The van der Waals surface area contributed by atoms with Crippen molar-refractivity contribution in [2.24, 2.45) is 0 Å². The van der Waals surface area contributed by atoms with Crippen LogP contribution in [-0.4, -0.2) is 5.91 Å². The number of hydrogen-bond donors (Lipinski definition) is 1. The van der Waals surface area contributed by atoms with E-state index in [1.54, 1.807) is 11.8 Å². The molecule has 0 fully saturated rings. The maximum absolute atomic E-state index is 12.4. The van der Waals surface area contributed by atoms with Crippen molar-refractivity contribution >= 4 is 23.4 Å². The Morgan fingerprint density at radius 1 is 0.880 bits per heavy atom. The van der Waals surface area contributed by atoms with Crippen molar-refractivity contribution in [3.63, 3.8) is 0 Å². The van der Waals surface area contributed by atoms with Crippen molar-refractivity contribution in [2.75, 3.05) is 5.32 Å². The average Bonchev–Trinajstić information content (AvgIpc) is 2.60. The van der Waals surface area contributed by atoms with E-state index in [0.717, 1.165) is 22.6 Å². The first-order valence-corrected chi connectivity index (χ1v) is 9.25. The number of amides is 1. The Bertz CT molecular complexity index is 837. The first-order chi connectivity index (χ1) is 12.1. The normalized spacial score (nSPS) is 10.5. The van der Waals surface area contributed by atoms with E-state index in [2.05, 4.69) is 23.5 Å². The van der Waals surface area contributed by atoms with E-state index >= 15 is 0 Å². The number of anilines is 1. The predicted octanol–water partition coefficient (Wildman–Crippen LogP) is 5.85. The number of aryl methyl sites for hydroxylation is 2. The zero-order chi connectivity index (χ0) is 17.6. The van der Waals surface area contributed by atoms with Gasteiger partial charge in [-0.25, -0.2) is 0 Å². The lowest BCUT2D eigenvalue weighted by Gasteiger charge is -2.08. The molecule has 3 aromatic rings. The summed E-state index contributed by atoms with van der Waals surface area (Å²) in [6.07, 6.45) is 0. The number of hydrogen-bond acceptors (Lipinski definition) is 2. The van der Waals surface area contributed by atoms with Crippen molar-refractivity contribution in [1.29, 1.82) is 0 Å². The molecule has 3 heteroatoms. The molecular weight excluding hydrogens is 326 g/mol. The summed E-state index contributed by atoms with van der Waals surface area (Å²) >= 11 is 1.79. The quantitative estimate of drug-likeness (QED) is 0.587. The number of rotatable bonds is 5. The minimum Gasteiger partial charge on any atom is -0.322 e. The maximum Gasteiger partial charge on any atom is 0.255 e. The Labute approximate surface area is 153 Å². The molecule has 0 aliphatic heterocycles. The van der Waals surface area contributed by atoms with Crippen LogP contribution in [0.3, 0.4) is 0 Å². The molecule has 0 heterocycles. The number of thioether (sulfide) groups is 1.